The highest BCUT2D eigenvalue weighted by atomic mass is 19.4. The molecule has 0 bridgehead atoms. The van der Waals surface area contributed by atoms with Gasteiger partial charge in [0.25, 0.3) is 5.92 Å². The summed E-state index contributed by atoms with van der Waals surface area (Å²) in [6.07, 6.45) is -7.39. The van der Waals surface area contributed by atoms with Crippen LogP contribution in [0.2, 0.25) is 0 Å². The highest BCUT2D eigenvalue weighted by molar-refractivity contribution is 5.75. The van der Waals surface area contributed by atoms with Gasteiger partial charge in [-0.25, -0.2) is 13.6 Å². The van der Waals surface area contributed by atoms with Gasteiger partial charge in [-0.3, -0.25) is 0 Å². The number of rotatable bonds is 1. The number of aliphatic hydroxyl groups is 1. The van der Waals surface area contributed by atoms with Gasteiger partial charge in [-0.15, -0.1) is 5.06 Å². The molecule has 0 saturated carbocycles. The lowest BCUT2D eigenvalue weighted by molar-refractivity contribution is -0.237. The molecule has 1 aliphatic heterocycles. The van der Waals surface area contributed by atoms with Crippen LogP contribution in [-0.2, 0) is 9.63 Å². The number of carbonyl (C=O) groups excluding carboxylic acids is 1. The number of hydroxylamine groups is 2. The van der Waals surface area contributed by atoms with Crippen molar-refractivity contribution in [2.45, 2.75) is 18.2 Å². The Hall–Kier alpha value is -0.960. The molecule has 1 heterocycles. The Morgan fingerprint density at radius 2 is 2.00 bits per heavy atom. The van der Waals surface area contributed by atoms with E-state index in [1.807, 2.05) is 0 Å². The van der Waals surface area contributed by atoms with E-state index in [-0.39, 0.29) is 5.06 Å². The van der Waals surface area contributed by atoms with E-state index < -0.39 is 37.3 Å². The second kappa shape index (κ2) is 3.56. The maximum atomic E-state index is 12.6. The topological polar surface area (TPSA) is 49.8 Å². The third-order valence-corrected chi connectivity index (χ3v) is 1.69. The van der Waals surface area contributed by atoms with Crippen LogP contribution in [0.5, 0.6) is 0 Å². The van der Waals surface area contributed by atoms with Gasteiger partial charge in [0.1, 0.15) is 12.6 Å². The summed E-state index contributed by atoms with van der Waals surface area (Å²) >= 11 is 0. The monoisotopic (exact) mass is 235 g/mol. The van der Waals surface area contributed by atoms with E-state index in [0.717, 1.165) is 0 Å². The molecule has 15 heavy (non-hydrogen) atoms. The third-order valence-electron chi connectivity index (χ3n) is 1.69. The summed E-state index contributed by atoms with van der Waals surface area (Å²) in [6.45, 7) is -2.11. The third kappa shape index (κ3) is 2.75. The molecule has 1 saturated heterocycles. The van der Waals surface area contributed by atoms with Gasteiger partial charge in [0.05, 0.1) is 6.54 Å². The van der Waals surface area contributed by atoms with Crippen LogP contribution in [0.1, 0.15) is 0 Å². The van der Waals surface area contributed by atoms with Crippen LogP contribution in [0.25, 0.3) is 0 Å². The van der Waals surface area contributed by atoms with Crippen molar-refractivity contribution < 1.29 is 36.7 Å². The van der Waals surface area contributed by atoms with Crippen LogP contribution in [0.15, 0.2) is 0 Å². The molecule has 1 fully saturated rings. The molecule has 0 spiro atoms. The molecule has 1 aliphatic rings. The Balaban J connectivity index is 2.54. The van der Waals surface area contributed by atoms with E-state index in [2.05, 4.69) is 4.84 Å². The molecular formula is C6H6F5NO3. The summed E-state index contributed by atoms with van der Waals surface area (Å²) in [6, 6.07) is 0. The molecule has 1 rings (SSSR count). The SMILES string of the molecule is O=C(ON1CC(O)C(F)(F)C1)C(F)(F)F. The van der Waals surface area contributed by atoms with Gasteiger partial charge in [0, 0.05) is 0 Å². The number of alkyl halides is 5. The van der Waals surface area contributed by atoms with Crippen LogP contribution in [0.3, 0.4) is 0 Å². The Labute approximate surface area is 80.2 Å². The van der Waals surface area contributed by atoms with Crippen molar-refractivity contribution in [1.82, 2.24) is 5.06 Å². The lowest BCUT2D eigenvalue weighted by atomic mass is 10.2. The van der Waals surface area contributed by atoms with Crippen molar-refractivity contribution in [3.63, 3.8) is 0 Å². The minimum Gasteiger partial charge on any atom is -0.385 e. The fraction of sp³-hybridized carbons (Fsp3) is 0.833. The number of hydrogen-bond acceptors (Lipinski definition) is 4. The molecule has 0 radical (unpaired) electrons. The van der Waals surface area contributed by atoms with E-state index in [1.54, 1.807) is 0 Å². The van der Waals surface area contributed by atoms with Crippen molar-refractivity contribution in [1.29, 1.82) is 0 Å². The number of nitrogens with zero attached hydrogens (tertiary/aromatic N) is 1. The minimum absolute atomic E-state index is 0.0838. The summed E-state index contributed by atoms with van der Waals surface area (Å²) in [5.41, 5.74) is 0. The Bertz CT molecular complexity index is 266. The lowest BCUT2D eigenvalue weighted by Gasteiger charge is -2.15. The zero-order valence-electron chi connectivity index (χ0n) is 7.09. The average molecular weight is 235 g/mol. The van der Waals surface area contributed by atoms with E-state index in [9.17, 15) is 26.7 Å². The van der Waals surface area contributed by atoms with Crippen molar-refractivity contribution >= 4 is 5.97 Å². The number of halogens is 5. The van der Waals surface area contributed by atoms with Gasteiger partial charge in [0.15, 0.2) is 0 Å². The van der Waals surface area contributed by atoms with Gasteiger partial charge in [0.2, 0.25) is 0 Å². The largest absolute Gasteiger partial charge is 0.492 e. The van der Waals surface area contributed by atoms with E-state index in [1.165, 1.54) is 0 Å². The first-order valence-electron chi connectivity index (χ1n) is 3.73. The highest BCUT2D eigenvalue weighted by Crippen LogP contribution is 2.28. The van der Waals surface area contributed by atoms with Crippen LogP contribution in [-0.4, -0.2) is 47.4 Å². The predicted molar refractivity (Wildman–Crippen MR) is 34.7 cm³/mol. The van der Waals surface area contributed by atoms with Crippen LogP contribution < -0.4 is 0 Å². The molecule has 0 aromatic heterocycles. The molecule has 88 valence electrons. The minimum atomic E-state index is -5.25. The highest BCUT2D eigenvalue weighted by Gasteiger charge is 2.51. The Morgan fingerprint density at radius 3 is 2.33 bits per heavy atom. The molecule has 0 amide bonds. The van der Waals surface area contributed by atoms with E-state index in [4.69, 9.17) is 5.11 Å². The maximum Gasteiger partial charge on any atom is 0.492 e. The van der Waals surface area contributed by atoms with Gasteiger partial charge < -0.3 is 9.94 Å². The number of β-amino-alcohol motifs (C(OH)–C–C–N with tert-alkyl or cyclic N) is 1. The van der Waals surface area contributed by atoms with Gasteiger partial charge in [-0.1, -0.05) is 0 Å². The smallest absolute Gasteiger partial charge is 0.385 e. The first kappa shape index (κ1) is 12.1. The molecule has 0 aromatic rings. The van der Waals surface area contributed by atoms with Crippen molar-refractivity contribution in [3.05, 3.63) is 0 Å². The number of aliphatic hydroxyl groups excluding tert-OH is 1. The molecule has 1 unspecified atom stereocenters. The fourth-order valence-corrected chi connectivity index (χ4v) is 0.970. The summed E-state index contributed by atoms with van der Waals surface area (Å²) in [4.78, 5) is 13.8. The first-order chi connectivity index (χ1) is 6.63. The summed E-state index contributed by atoms with van der Waals surface area (Å²) in [5, 5.41) is 8.76. The van der Waals surface area contributed by atoms with Gasteiger partial charge in [-0.2, -0.15) is 13.2 Å². The maximum absolute atomic E-state index is 12.6. The number of hydrogen-bond donors (Lipinski definition) is 1. The van der Waals surface area contributed by atoms with E-state index in [0.29, 0.717) is 0 Å². The van der Waals surface area contributed by atoms with Crippen LogP contribution in [0.4, 0.5) is 22.0 Å². The molecular weight excluding hydrogens is 229 g/mol. The molecule has 4 nitrogen and oxygen atoms in total. The zero-order valence-corrected chi connectivity index (χ0v) is 7.09. The summed E-state index contributed by atoms with van der Waals surface area (Å²) in [5.74, 6) is -6.17. The number of carbonyl (C=O) groups is 1. The predicted octanol–water partition coefficient (Wildman–Crippen LogP) is 0.319. The van der Waals surface area contributed by atoms with E-state index >= 15 is 0 Å². The lowest BCUT2D eigenvalue weighted by Crippen LogP contribution is -2.35. The van der Waals surface area contributed by atoms with Crippen LogP contribution in [0, 0.1) is 0 Å². The van der Waals surface area contributed by atoms with Crippen molar-refractivity contribution in [2.75, 3.05) is 13.1 Å². The Morgan fingerprint density at radius 1 is 1.47 bits per heavy atom. The Kier molecular flexibility index (Phi) is 2.88. The zero-order chi connectivity index (χ0) is 11.9. The van der Waals surface area contributed by atoms with Crippen molar-refractivity contribution in [2.24, 2.45) is 0 Å². The summed E-state index contributed by atoms with van der Waals surface area (Å²) < 4.78 is 60.1. The van der Waals surface area contributed by atoms with Crippen LogP contribution >= 0.6 is 0 Å². The standard InChI is InChI=1S/C6H6F5NO3/c7-5(8)2-12(1-3(5)13)15-4(14)6(9,10)11/h3,13H,1-2H2. The fourth-order valence-electron chi connectivity index (χ4n) is 0.970. The molecule has 1 atom stereocenters. The quantitative estimate of drug-likeness (QED) is 0.665. The second-order valence-electron chi connectivity index (χ2n) is 2.98. The van der Waals surface area contributed by atoms with Gasteiger partial charge in [-0.05, 0) is 0 Å². The van der Waals surface area contributed by atoms with Gasteiger partial charge >= 0.3 is 12.1 Å². The summed E-state index contributed by atoms with van der Waals surface area (Å²) in [7, 11) is 0. The normalized spacial score (nSPS) is 26.7. The first-order valence-corrected chi connectivity index (χ1v) is 3.73. The molecule has 0 aromatic carbocycles. The molecule has 0 aliphatic carbocycles. The molecule has 9 heteroatoms. The second-order valence-corrected chi connectivity index (χ2v) is 2.98. The average Bonchev–Trinajstić information content (AvgIpc) is 2.23. The molecule has 1 N–H and O–H groups in total. The van der Waals surface area contributed by atoms with Crippen molar-refractivity contribution in [3.8, 4) is 0 Å².